The Kier molecular flexibility index (Phi) is 3.98. The van der Waals surface area contributed by atoms with Crippen molar-refractivity contribution >= 4 is 28.1 Å². The van der Waals surface area contributed by atoms with E-state index in [9.17, 15) is 4.79 Å². The molecular weight excluding hydrogens is 246 g/mol. The second kappa shape index (κ2) is 5.88. The van der Waals surface area contributed by atoms with E-state index in [1.54, 1.807) is 29.1 Å². The summed E-state index contributed by atoms with van der Waals surface area (Å²) >= 11 is 1.60. The third kappa shape index (κ3) is 3.11. The van der Waals surface area contributed by atoms with Gasteiger partial charge in [-0.15, -0.1) is 11.3 Å². The predicted octanol–water partition coefficient (Wildman–Crippen LogP) is 2.48. The van der Waals surface area contributed by atoms with Crippen LogP contribution in [0.2, 0.25) is 0 Å². The number of para-hydroxylation sites is 1. The molecule has 0 unspecified atom stereocenters. The Morgan fingerprint density at radius 1 is 1.28 bits per heavy atom. The van der Waals surface area contributed by atoms with Crippen molar-refractivity contribution in [3.05, 3.63) is 59.2 Å². The molecule has 0 aliphatic carbocycles. The normalized spacial score (nSPS) is 9.56. The molecule has 0 fully saturated rings. The zero-order chi connectivity index (χ0) is 12.8. The standard InChI is InChI=1S/C10H8N2O.C3H3NS/c11-10(13)8-5-7-3-1-2-4-9(7)12-6-8;1-2-5-3-4-1/h1-6H,(H2,11,13);1-3H. The summed E-state index contributed by atoms with van der Waals surface area (Å²) in [5.41, 5.74) is 8.23. The van der Waals surface area contributed by atoms with Gasteiger partial charge in [0, 0.05) is 23.2 Å². The number of aromatic nitrogens is 2. The topological polar surface area (TPSA) is 68.9 Å². The number of carbonyl (C=O) groups excluding carboxylic acids is 1. The fourth-order valence-electron chi connectivity index (χ4n) is 1.38. The average Bonchev–Trinajstić information content (AvgIpc) is 2.97. The van der Waals surface area contributed by atoms with E-state index >= 15 is 0 Å². The minimum atomic E-state index is -0.446. The van der Waals surface area contributed by atoms with E-state index in [0.29, 0.717) is 5.56 Å². The lowest BCUT2D eigenvalue weighted by Gasteiger charge is -1.97. The molecule has 1 aromatic carbocycles. The van der Waals surface area contributed by atoms with Crippen molar-refractivity contribution in [2.45, 2.75) is 0 Å². The van der Waals surface area contributed by atoms with Gasteiger partial charge in [-0.05, 0) is 12.1 Å². The molecule has 90 valence electrons. The van der Waals surface area contributed by atoms with Crippen LogP contribution in [-0.4, -0.2) is 15.9 Å². The highest BCUT2D eigenvalue weighted by Gasteiger charge is 2.01. The Hall–Kier alpha value is -2.27. The van der Waals surface area contributed by atoms with Gasteiger partial charge in [0.2, 0.25) is 5.91 Å². The summed E-state index contributed by atoms with van der Waals surface area (Å²) in [6.07, 6.45) is 3.26. The number of nitrogens with two attached hydrogens (primary N) is 1. The molecule has 0 saturated heterocycles. The van der Waals surface area contributed by atoms with Crippen LogP contribution in [0.5, 0.6) is 0 Å². The third-order valence-electron chi connectivity index (χ3n) is 2.22. The van der Waals surface area contributed by atoms with Gasteiger partial charge in [-0.3, -0.25) is 14.8 Å². The summed E-state index contributed by atoms with van der Waals surface area (Å²) in [4.78, 5) is 18.7. The van der Waals surface area contributed by atoms with E-state index in [2.05, 4.69) is 9.97 Å². The van der Waals surface area contributed by atoms with Crippen molar-refractivity contribution in [1.29, 1.82) is 0 Å². The predicted molar refractivity (Wildman–Crippen MR) is 72.4 cm³/mol. The van der Waals surface area contributed by atoms with E-state index in [0.717, 1.165) is 10.9 Å². The Morgan fingerprint density at radius 3 is 2.72 bits per heavy atom. The van der Waals surface area contributed by atoms with Crippen molar-refractivity contribution < 1.29 is 4.79 Å². The molecule has 2 aromatic heterocycles. The second-order valence-electron chi connectivity index (χ2n) is 3.46. The Balaban J connectivity index is 0.000000202. The molecule has 18 heavy (non-hydrogen) atoms. The van der Waals surface area contributed by atoms with Crippen LogP contribution in [0.4, 0.5) is 0 Å². The molecule has 0 bridgehead atoms. The van der Waals surface area contributed by atoms with Crippen molar-refractivity contribution in [1.82, 2.24) is 9.97 Å². The molecule has 0 spiro atoms. The van der Waals surface area contributed by atoms with Crippen LogP contribution < -0.4 is 5.73 Å². The number of fused-ring (bicyclic) bond motifs is 1. The van der Waals surface area contributed by atoms with E-state index in [1.165, 1.54) is 6.20 Å². The van der Waals surface area contributed by atoms with E-state index < -0.39 is 5.91 Å². The molecule has 1 amide bonds. The highest BCUT2D eigenvalue weighted by molar-refractivity contribution is 7.07. The molecule has 2 heterocycles. The molecule has 4 nitrogen and oxygen atoms in total. The Bertz CT molecular complexity index is 620. The van der Waals surface area contributed by atoms with Crippen molar-refractivity contribution in [2.24, 2.45) is 5.73 Å². The molecular formula is C13H11N3OS. The number of thiazole rings is 1. The molecule has 0 aliphatic rings. The van der Waals surface area contributed by atoms with Crippen LogP contribution in [0.15, 0.2) is 53.6 Å². The number of hydrogen-bond donors (Lipinski definition) is 1. The maximum absolute atomic E-state index is 10.8. The van der Waals surface area contributed by atoms with Crippen LogP contribution in [-0.2, 0) is 0 Å². The van der Waals surface area contributed by atoms with Crippen LogP contribution >= 0.6 is 11.3 Å². The molecule has 2 N–H and O–H groups in total. The fourth-order valence-corrected chi connectivity index (χ4v) is 1.73. The van der Waals surface area contributed by atoms with Gasteiger partial charge in [-0.1, -0.05) is 18.2 Å². The van der Waals surface area contributed by atoms with Crippen LogP contribution in [0.25, 0.3) is 10.9 Å². The van der Waals surface area contributed by atoms with Crippen molar-refractivity contribution in [2.75, 3.05) is 0 Å². The minimum absolute atomic E-state index is 0.443. The van der Waals surface area contributed by atoms with E-state index in [4.69, 9.17) is 5.73 Å². The monoisotopic (exact) mass is 257 g/mol. The van der Waals surface area contributed by atoms with E-state index in [1.807, 2.05) is 29.6 Å². The highest BCUT2D eigenvalue weighted by atomic mass is 32.1. The smallest absolute Gasteiger partial charge is 0.250 e. The second-order valence-corrected chi connectivity index (χ2v) is 4.21. The number of amides is 1. The van der Waals surface area contributed by atoms with Crippen molar-refractivity contribution in [3.63, 3.8) is 0 Å². The fraction of sp³-hybridized carbons (Fsp3) is 0. The maximum Gasteiger partial charge on any atom is 0.250 e. The van der Waals surface area contributed by atoms with Gasteiger partial charge in [-0.2, -0.15) is 0 Å². The first-order valence-electron chi connectivity index (χ1n) is 5.24. The molecule has 3 rings (SSSR count). The van der Waals surface area contributed by atoms with Gasteiger partial charge < -0.3 is 5.73 Å². The number of nitrogens with zero attached hydrogens (tertiary/aromatic N) is 2. The average molecular weight is 257 g/mol. The summed E-state index contributed by atoms with van der Waals surface area (Å²) in [7, 11) is 0. The molecule has 0 radical (unpaired) electrons. The lowest BCUT2D eigenvalue weighted by Crippen LogP contribution is -2.10. The SMILES string of the molecule is NC(=O)c1cnc2ccccc2c1.c1cscn1. The third-order valence-corrected chi connectivity index (χ3v) is 2.74. The summed E-state index contributed by atoms with van der Waals surface area (Å²) in [6, 6.07) is 9.33. The first-order chi connectivity index (χ1) is 8.77. The molecule has 5 heteroatoms. The quantitative estimate of drug-likeness (QED) is 0.728. The van der Waals surface area contributed by atoms with E-state index in [-0.39, 0.29) is 0 Å². The van der Waals surface area contributed by atoms with Crippen LogP contribution in [0.1, 0.15) is 10.4 Å². The highest BCUT2D eigenvalue weighted by Crippen LogP contribution is 2.11. The lowest BCUT2D eigenvalue weighted by atomic mass is 10.1. The Morgan fingerprint density at radius 2 is 2.11 bits per heavy atom. The molecule has 0 aliphatic heterocycles. The lowest BCUT2D eigenvalue weighted by molar-refractivity contribution is 0.1000. The first kappa shape index (κ1) is 12.2. The van der Waals surface area contributed by atoms with Crippen molar-refractivity contribution in [3.8, 4) is 0 Å². The number of benzene rings is 1. The summed E-state index contributed by atoms with van der Waals surface area (Å²) in [6.45, 7) is 0. The summed E-state index contributed by atoms with van der Waals surface area (Å²) < 4.78 is 0. The maximum atomic E-state index is 10.8. The van der Waals surface area contributed by atoms with Gasteiger partial charge in [0.1, 0.15) is 0 Å². The van der Waals surface area contributed by atoms with Gasteiger partial charge in [0.15, 0.2) is 0 Å². The zero-order valence-electron chi connectivity index (χ0n) is 9.48. The molecule has 0 saturated carbocycles. The number of rotatable bonds is 1. The largest absolute Gasteiger partial charge is 0.366 e. The van der Waals surface area contributed by atoms with Crippen LogP contribution in [0, 0.1) is 0 Å². The van der Waals surface area contributed by atoms with Crippen LogP contribution in [0.3, 0.4) is 0 Å². The summed E-state index contributed by atoms with van der Waals surface area (Å²) in [5.74, 6) is -0.446. The molecule has 0 atom stereocenters. The zero-order valence-corrected chi connectivity index (χ0v) is 10.3. The minimum Gasteiger partial charge on any atom is -0.366 e. The Labute approximate surface area is 108 Å². The number of pyridine rings is 1. The van der Waals surface area contributed by atoms with Gasteiger partial charge in [-0.25, -0.2) is 0 Å². The number of hydrogen-bond acceptors (Lipinski definition) is 4. The number of primary amides is 1. The number of carbonyl (C=O) groups is 1. The van der Waals surface area contributed by atoms with Gasteiger partial charge in [0.25, 0.3) is 0 Å². The first-order valence-corrected chi connectivity index (χ1v) is 6.18. The summed E-state index contributed by atoms with van der Waals surface area (Å²) in [5, 5.41) is 2.86. The van der Waals surface area contributed by atoms with Gasteiger partial charge >= 0.3 is 0 Å². The molecule has 3 aromatic rings. The van der Waals surface area contributed by atoms with Gasteiger partial charge in [0.05, 0.1) is 16.6 Å².